The van der Waals surface area contributed by atoms with Crippen LogP contribution in [0, 0.1) is 5.41 Å². The maximum absolute atomic E-state index is 11.0. The molecule has 0 unspecified atom stereocenters. The third-order valence-corrected chi connectivity index (χ3v) is 4.24. The van der Waals surface area contributed by atoms with Crippen LogP contribution in [0.25, 0.3) is 11.2 Å². The number of nitrogens with zero attached hydrogens (tertiary/aromatic N) is 4. The van der Waals surface area contributed by atoms with Gasteiger partial charge in [0.25, 0.3) is 0 Å². The van der Waals surface area contributed by atoms with E-state index in [-0.39, 0.29) is 16.7 Å². The van der Waals surface area contributed by atoms with Gasteiger partial charge in [0, 0.05) is 7.05 Å². The van der Waals surface area contributed by atoms with Gasteiger partial charge < -0.3 is 29.3 Å². The molecule has 0 spiro atoms. The summed E-state index contributed by atoms with van der Waals surface area (Å²) in [5.41, 5.74) is 0.597. The normalized spacial score (nSPS) is 27.9. The number of imidazole rings is 1. The van der Waals surface area contributed by atoms with Crippen molar-refractivity contribution < 1.29 is 33.8 Å². The lowest BCUT2D eigenvalue weighted by molar-refractivity contribution is -0.0509. The van der Waals surface area contributed by atoms with Gasteiger partial charge in [0.1, 0.15) is 23.8 Å². The average Bonchev–Trinajstić information content (AvgIpc) is 3.04. The number of phosphoric acid groups is 1. The van der Waals surface area contributed by atoms with Crippen LogP contribution in [0.3, 0.4) is 0 Å². The highest BCUT2D eigenvalue weighted by molar-refractivity contribution is 7.46. The molecule has 24 heavy (non-hydrogen) atoms. The molecule has 1 aliphatic rings. The van der Waals surface area contributed by atoms with E-state index in [4.69, 9.17) is 19.9 Å². The number of phosphoric ester groups is 1. The number of aliphatic hydroxyl groups is 2. The second-order valence-electron chi connectivity index (χ2n) is 5.33. The van der Waals surface area contributed by atoms with E-state index in [0.717, 1.165) is 0 Å². The molecule has 0 amide bonds. The first kappa shape index (κ1) is 17.2. The highest BCUT2D eigenvalue weighted by Crippen LogP contribution is 2.43. The topological polar surface area (TPSA) is 176 Å². The van der Waals surface area contributed by atoms with E-state index in [1.54, 1.807) is 7.05 Å². The molecule has 13 heteroatoms. The minimum Gasteiger partial charge on any atom is -0.394 e. The Morgan fingerprint density at radius 1 is 1.42 bits per heavy atom. The zero-order valence-electron chi connectivity index (χ0n) is 12.4. The molecule has 0 bridgehead atoms. The number of ether oxygens (including phenoxy) is 1. The van der Waals surface area contributed by atoms with E-state index in [1.807, 2.05) is 0 Å². The van der Waals surface area contributed by atoms with Crippen LogP contribution < -0.4 is 5.49 Å². The minimum atomic E-state index is -4.89. The zero-order chi connectivity index (χ0) is 17.6. The van der Waals surface area contributed by atoms with Gasteiger partial charge in [0.05, 0.1) is 19.3 Å². The van der Waals surface area contributed by atoms with E-state index in [1.165, 1.54) is 21.8 Å². The molecule has 0 saturated carbocycles. The second-order valence-corrected chi connectivity index (χ2v) is 6.52. The predicted molar refractivity (Wildman–Crippen MR) is 76.3 cm³/mol. The Hall–Kier alpha value is -1.66. The molecule has 3 heterocycles. The molecule has 1 aliphatic heterocycles. The summed E-state index contributed by atoms with van der Waals surface area (Å²) >= 11 is 0. The summed E-state index contributed by atoms with van der Waals surface area (Å²) < 4.78 is 23.8. The largest absolute Gasteiger partial charge is 0.470 e. The van der Waals surface area contributed by atoms with Gasteiger partial charge in [-0.3, -0.25) is 14.5 Å². The van der Waals surface area contributed by atoms with Crippen LogP contribution in [0.1, 0.15) is 6.23 Å². The van der Waals surface area contributed by atoms with Gasteiger partial charge >= 0.3 is 7.82 Å². The van der Waals surface area contributed by atoms with E-state index in [2.05, 4.69) is 14.5 Å². The van der Waals surface area contributed by atoms with Gasteiger partial charge in [-0.2, -0.15) is 0 Å². The molecule has 4 atom stereocenters. The van der Waals surface area contributed by atoms with Gasteiger partial charge in [-0.15, -0.1) is 0 Å². The minimum absolute atomic E-state index is 0.0907. The number of nitrogens with one attached hydrogen (secondary N) is 1. The van der Waals surface area contributed by atoms with Crippen molar-refractivity contribution in [3.05, 3.63) is 18.1 Å². The third kappa shape index (κ3) is 2.89. The molecule has 3 rings (SSSR count). The molecule has 2 aromatic rings. The Kier molecular flexibility index (Phi) is 4.30. The molecular formula is C11H16N5O7P. The number of aryl methyl sites for hydroxylation is 1. The first-order valence-electron chi connectivity index (χ1n) is 6.84. The first-order chi connectivity index (χ1) is 11.2. The number of hydrogen-bond donors (Lipinski definition) is 5. The van der Waals surface area contributed by atoms with Crippen molar-refractivity contribution in [2.45, 2.75) is 24.5 Å². The summed E-state index contributed by atoms with van der Waals surface area (Å²) in [5, 5.41) is 27.6. The lowest BCUT2D eigenvalue weighted by Crippen LogP contribution is -2.35. The van der Waals surface area contributed by atoms with Crippen molar-refractivity contribution in [3.63, 3.8) is 0 Å². The maximum Gasteiger partial charge on any atom is 0.470 e. The number of hydrogen-bond acceptors (Lipinski definition) is 8. The lowest BCUT2D eigenvalue weighted by atomic mass is 10.1. The van der Waals surface area contributed by atoms with Gasteiger partial charge in [0.2, 0.25) is 0 Å². The molecule has 0 radical (unpaired) electrons. The Labute approximate surface area is 134 Å². The highest BCUT2D eigenvalue weighted by atomic mass is 31.2. The molecule has 1 fully saturated rings. The fourth-order valence-corrected chi connectivity index (χ4v) is 3.16. The van der Waals surface area contributed by atoms with Crippen LogP contribution in [0.4, 0.5) is 0 Å². The summed E-state index contributed by atoms with van der Waals surface area (Å²) in [6, 6.07) is 0. The molecule has 1 saturated heterocycles. The summed E-state index contributed by atoms with van der Waals surface area (Å²) in [6.07, 6.45) is -2.53. The van der Waals surface area contributed by atoms with E-state index < -0.39 is 39.0 Å². The smallest absolute Gasteiger partial charge is 0.394 e. The summed E-state index contributed by atoms with van der Waals surface area (Å²) in [5.74, 6) is 0. The molecule has 0 aliphatic carbocycles. The lowest BCUT2D eigenvalue weighted by Gasteiger charge is -2.20. The highest BCUT2D eigenvalue weighted by Gasteiger charge is 2.48. The van der Waals surface area contributed by atoms with Crippen LogP contribution >= 0.6 is 7.82 Å². The van der Waals surface area contributed by atoms with Crippen molar-refractivity contribution >= 4 is 19.0 Å². The van der Waals surface area contributed by atoms with Gasteiger partial charge in [-0.05, 0) is 0 Å². The quantitative estimate of drug-likeness (QED) is 0.385. The van der Waals surface area contributed by atoms with Crippen molar-refractivity contribution in [2.75, 3.05) is 6.61 Å². The standard InChI is InChI=1S/C11H16N5O7P/c1-15-3-14-10-6(9(15)12)13-4-16(10)11-7(18)8(5(2-17)22-11)23-24(19,20)21/h3-5,7-8,11-12,17-18H,2H2,1H3,(H2,19,20,21)/t5-,7-,8-,11-/m1/s1. The monoisotopic (exact) mass is 361 g/mol. The molecule has 5 N–H and O–H groups in total. The summed E-state index contributed by atoms with van der Waals surface area (Å²) in [6.45, 7) is -0.614. The van der Waals surface area contributed by atoms with E-state index in [9.17, 15) is 14.8 Å². The Balaban J connectivity index is 2.00. The predicted octanol–water partition coefficient (Wildman–Crippen LogP) is -2.02. The van der Waals surface area contributed by atoms with E-state index in [0.29, 0.717) is 0 Å². The maximum atomic E-state index is 11.0. The molecule has 12 nitrogen and oxygen atoms in total. The SMILES string of the molecule is Cn1cnc2c(ncn2[C@@H]2O[C@H](CO)[C@@H](OP(=O)(O)O)[C@H]2O)c1=N. The van der Waals surface area contributed by atoms with E-state index >= 15 is 0 Å². The number of rotatable bonds is 4. The first-order valence-corrected chi connectivity index (χ1v) is 8.37. The Morgan fingerprint density at radius 2 is 2.12 bits per heavy atom. The van der Waals surface area contributed by atoms with Crippen molar-refractivity contribution in [3.8, 4) is 0 Å². The molecule has 0 aromatic carbocycles. The molecular weight excluding hydrogens is 345 g/mol. The fourth-order valence-electron chi connectivity index (χ4n) is 2.59. The van der Waals surface area contributed by atoms with Gasteiger partial charge in [-0.25, -0.2) is 14.5 Å². The number of aromatic nitrogens is 4. The second kappa shape index (κ2) is 6.01. The van der Waals surface area contributed by atoms with Gasteiger partial charge in [0.15, 0.2) is 17.4 Å². The molecule has 132 valence electrons. The Bertz CT molecular complexity index is 860. The van der Waals surface area contributed by atoms with Crippen LogP contribution in [0.5, 0.6) is 0 Å². The zero-order valence-corrected chi connectivity index (χ0v) is 13.3. The van der Waals surface area contributed by atoms with Crippen molar-refractivity contribution in [1.82, 2.24) is 19.1 Å². The summed E-state index contributed by atoms with van der Waals surface area (Å²) in [7, 11) is -3.27. The average molecular weight is 361 g/mol. The van der Waals surface area contributed by atoms with Crippen LogP contribution in [0.15, 0.2) is 12.7 Å². The fraction of sp³-hybridized carbons (Fsp3) is 0.545. The summed E-state index contributed by atoms with van der Waals surface area (Å²) in [4.78, 5) is 26.1. The van der Waals surface area contributed by atoms with Crippen LogP contribution in [-0.4, -0.2) is 64.0 Å². The van der Waals surface area contributed by atoms with Crippen molar-refractivity contribution in [2.24, 2.45) is 7.05 Å². The Morgan fingerprint density at radius 3 is 2.75 bits per heavy atom. The van der Waals surface area contributed by atoms with Crippen molar-refractivity contribution in [1.29, 1.82) is 5.41 Å². The molecule has 2 aromatic heterocycles. The van der Waals surface area contributed by atoms with Crippen LogP contribution in [-0.2, 0) is 20.9 Å². The van der Waals surface area contributed by atoms with Gasteiger partial charge in [-0.1, -0.05) is 0 Å². The van der Waals surface area contributed by atoms with Crippen LogP contribution in [0.2, 0.25) is 0 Å². The third-order valence-electron chi connectivity index (χ3n) is 3.72. The number of aliphatic hydroxyl groups excluding tert-OH is 2. The number of fused-ring (bicyclic) bond motifs is 1.